The maximum absolute atomic E-state index is 13.2. The quantitative estimate of drug-likeness (QED) is 0.638. The lowest BCUT2D eigenvalue weighted by atomic mass is 9.80. The van der Waals surface area contributed by atoms with Crippen molar-refractivity contribution in [2.75, 3.05) is 19.6 Å². The van der Waals surface area contributed by atoms with Gasteiger partial charge in [-0.05, 0) is 61.2 Å². The fourth-order valence-electron chi connectivity index (χ4n) is 5.07. The minimum atomic E-state index is -4.31. The number of aromatic nitrogens is 2. The first kappa shape index (κ1) is 21.3. The molecule has 0 bridgehead atoms. The van der Waals surface area contributed by atoms with E-state index in [0.717, 1.165) is 55.1 Å². The standard InChI is InChI=1S/C24H26F3N5/c25-24(26,27)19-3-1-2-18(13-19)20-14-30-31-23(20)17-6-10-32(11-7-17)15-16-4-5-21-22(12-16)29-9-8-28-21/h1-5,8-9,12-13,17,20,23,30-31H,6-7,10-11,14-15H2. The Labute approximate surface area is 185 Å². The molecule has 8 heteroatoms. The summed E-state index contributed by atoms with van der Waals surface area (Å²) in [6.45, 7) is 3.45. The van der Waals surface area contributed by atoms with Gasteiger partial charge in [0, 0.05) is 37.4 Å². The van der Waals surface area contributed by atoms with E-state index >= 15 is 0 Å². The van der Waals surface area contributed by atoms with Crippen LogP contribution in [0.4, 0.5) is 13.2 Å². The maximum atomic E-state index is 13.2. The van der Waals surface area contributed by atoms with Crippen LogP contribution in [0.25, 0.3) is 11.0 Å². The molecule has 0 amide bonds. The van der Waals surface area contributed by atoms with Gasteiger partial charge in [0.25, 0.3) is 0 Å². The van der Waals surface area contributed by atoms with Crippen molar-refractivity contribution in [3.63, 3.8) is 0 Å². The Kier molecular flexibility index (Phi) is 5.84. The van der Waals surface area contributed by atoms with Gasteiger partial charge in [0.1, 0.15) is 0 Å². The number of halogens is 3. The number of nitrogens with one attached hydrogen (secondary N) is 2. The van der Waals surface area contributed by atoms with Crippen molar-refractivity contribution >= 4 is 11.0 Å². The van der Waals surface area contributed by atoms with E-state index in [1.165, 1.54) is 17.7 Å². The number of likely N-dealkylation sites (tertiary alicyclic amines) is 1. The monoisotopic (exact) mass is 441 g/mol. The van der Waals surface area contributed by atoms with Crippen LogP contribution in [-0.2, 0) is 12.7 Å². The number of fused-ring (bicyclic) bond motifs is 1. The van der Waals surface area contributed by atoms with E-state index in [2.05, 4.69) is 37.9 Å². The first-order valence-electron chi connectivity index (χ1n) is 11.0. The van der Waals surface area contributed by atoms with Crippen molar-refractivity contribution in [1.29, 1.82) is 0 Å². The zero-order chi connectivity index (χ0) is 22.1. The van der Waals surface area contributed by atoms with Crippen molar-refractivity contribution in [1.82, 2.24) is 25.7 Å². The van der Waals surface area contributed by atoms with E-state index in [4.69, 9.17) is 0 Å². The van der Waals surface area contributed by atoms with Gasteiger partial charge in [-0.3, -0.25) is 25.7 Å². The largest absolute Gasteiger partial charge is 0.416 e. The third-order valence-electron chi connectivity index (χ3n) is 6.75. The Morgan fingerprint density at radius 2 is 1.75 bits per heavy atom. The Bertz CT molecular complexity index is 1080. The zero-order valence-electron chi connectivity index (χ0n) is 17.6. The number of benzene rings is 2. The summed E-state index contributed by atoms with van der Waals surface area (Å²) in [4.78, 5) is 11.2. The summed E-state index contributed by atoms with van der Waals surface area (Å²) in [5, 5.41) is 0. The summed E-state index contributed by atoms with van der Waals surface area (Å²) >= 11 is 0. The number of rotatable bonds is 4. The molecular weight excluding hydrogens is 415 g/mol. The van der Waals surface area contributed by atoms with Crippen molar-refractivity contribution < 1.29 is 13.2 Å². The van der Waals surface area contributed by atoms with Crippen molar-refractivity contribution in [2.24, 2.45) is 5.92 Å². The van der Waals surface area contributed by atoms with Crippen molar-refractivity contribution in [3.05, 3.63) is 71.5 Å². The van der Waals surface area contributed by atoms with E-state index in [0.29, 0.717) is 12.5 Å². The molecule has 2 aliphatic heterocycles. The lowest BCUT2D eigenvalue weighted by Crippen LogP contribution is -2.44. The second-order valence-electron chi connectivity index (χ2n) is 8.77. The second kappa shape index (κ2) is 8.77. The first-order valence-corrected chi connectivity index (χ1v) is 11.0. The van der Waals surface area contributed by atoms with E-state index in [-0.39, 0.29) is 12.0 Å². The van der Waals surface area contributed by atoms with Gasteiger partial charge in [-0.2, -0.15) is 13.2 Å². The summed E-state index contributed by atoms with van der Waals surface area (Å²) in [5.74, 6) is 0.455. The number of hydrogen-bond donors (Lipinski definition) is 2. The van der Waals surface area contributed by atoms with Crippen molar-refractivity contribution in [3.8, 4) is 0 Å². The predicted molar refractivity (Wildman–Crippen MR) is 117 cm³/mol. The summed E-state index contributed by atoms with van der Waals surface area (Å²) in [6, 6.07) is 12.1. The molecule has 2 aromatic carbocycles. The smallest absolute Gasteiger partial charge is 0.299 e. The molecule has 1 aromatic heterocycles. The predicted octanol–water partition coefficient (Wildman–Crippen LogP) is 4.12. The highest BCUT2D eigenvalue weighted by Gasteiger charge is 2.37. The van der Waals surface area contributed by atoms with Gasteiger partial charge in [-0.25, -0.2) is 0 Å². The number of alkyl halides is 3. The zero-order valence-corrected chi connectivity index (χ0v) is 17.6. The third kappa shape index (κ3) is 4.48. The van der Waals surface area contributed by atoms with Gasteiger partial charge >= 0.3 is 6.18 Å². The van der Waals surface area contributed by atoms with E-state index in [9.17, 15) is 13.2 Å². The molecule has 168 valence electrons. The SMILES string of the molecule is FC(F)(F)c1cccc(C2CNNC2C2CCN(Cc3ccc4nccnc4c3)CC2)c1. The van der Waals surface area contributed by atoms with Gasteiger partial charge in [0.15, 0.2) is 0 Å². The highest BCUT2D eigenvalue weighted by molar-refractivity contribution is 5.74. The topological polar surface area (TPSA) is 53.1 Å². The average Bonchev–Trinajstić information content (AvgIpc) is 3.29. The average molecular weight is 442 g/mol. The van der Waals surface area contributed by atoms with Gasteiger partial charge < -0.3 is 0 Å². The van der Waals surface area contributed by atoms with E-state index < -0.39 is 11.7 Å². The van der Waals surface area contributed by atoms with Crippen molar-refractivity contribution in [2.45, 2.75) is 37.5 Å². The second-order valence-corrected chi connectivity index (χ2v) is 8.77. The third-order valence-corrected chi connectivity index (χ3v) is 6.75. The first-order chi connectivity index (χ1) is 15.5. The molecule has 2 saturated heterocycles. The van der Waals surface area contributed by atoms with Crippen LogP contribution in [0.3, 0.4) is 0 Å². The molecule has 2 aliphatic rings. The Morgan fingerprint density at radius 1 is 0.969 bits per heavy atom. The summed E-state index contributed by atoms with van der Waals surface area (Å²) in [7, 11) is 0. The lowest BCUT2D eigenvalue weighted by Gasteiger charge is -2.36. The minimum absolute atomic E-state index is 0.0351. The molecule has 2 N–H and O–H groups in total. The maximum Gasteiger partial charge on any atom is 0.416 e. The Hall–Kier alpha value is -2.55. The van der Waals surface area contributed by atoms with Crippen LogP contribution in [-0.4, -0.2) is 40.5 Å². The van der Waals surface area contributed by atoms with Gasteiger partial charge in [-0.15, -0.1) is 0 Å². The number of hydrazine groups is 1. The number of nitrogens with zero attached hydrogens (tertiary/aromatic N) is 3. The molecule has 2 fully saturated rings. The summed E-state index contributed by atoms with van der Waals surface area (Å²) in [5.41, 5.74) is 9.75. The normalized spacial score (nSPS) is 23.1. The van der Waals surface area contributed by atoms with Crippen LogP contribution in [0.2, 0.25) is 0 Å². The Morgan fingerprint density at radius 3 is 2.53 bits per heavy atom. The van der Waals surface area contributed by atoms with Gasteiger partial charge in [0.05, 0.1) is 16.6 Å². The molecular formula is C24H26F3N5. The highest BCUT2D eigenvalue weighted by Crippen LogP contribution is 2.36. The van der Waals surface area contributed by atoms with Crippen LogP contribution in [0.15, 0.2) is 54.9 Å². The van der Waals surface area contributed by atoms with Crippen LogP contribution in [0.5, 0.6) is 0 Å². The van der Waals surface area contributed by atoms with Crippen LogP contribution < -0.4 is 10.9 Å². The fraction of sp³-hybridized carbons (Fsp3) is 0.417. The van der Waals surface area contributed by atoms with Gasteiger partial charge in [0.2, 0.25) is 0 Å². The van der Waals surface area contributed by atoms with Gasteiger partial charge in [-0.1, -0.05) is 24.3 Å². The molecule has 2 atom stereocenters. The molecule has 32 heavy (non-hydrogen) atoms. The molecule has 2 unspecified atom stereocenters. The lowest BCUT2D eigenvalue weighted by molar-refractivity contribution is -0.137. The summed E-state index contributed by atoms with van der Waals surface area (Å²) < 4.78 is 39.5. The Balaban J connectivity index is 1.22. The molecule has 0 radical (unpaired) electrons. The molecule has 5 rings (SSSR count). The molecule has 3 aromatic rings. The van der Waals surface area contributed by atoms with Crippen LogP contribution >= 0.6 is 0 Å². The molecule has 0 spiro atoms. The molecule has 0 saturated carbocycles. The van der Waals surface area contributed by atoms with E-state index in [1.807, 2.05) is 12.1 Å². The highest BCUT2D eigenvalue weighted by atomic mass is 19.4. The fourth-order valence-corrected chi connectivity index (χ4v) is 5.07. The number of hydrogen-bond acceptors (Lipinski definition) is 5. The van der Waals surface area contributed by atoms with Crippen LogP contribution in [0.1, 0.15) is 35.4 Å². The molecule has 5 nitrogen and oxygen atoms in total. The van der Waals surface area contributed by atoms with Crippen LogP contribution in [0, 0.1) is 5.92 Å². The number of piperidine rings is 1. The minimum Gasteiger partial charge on any atom is -0.299 e. The molecule has 3 heterocycles. The van der Waals surface area contributed by atoms with E-state index in [1.54, 1.807) is 12.4 Å². The summed E-state index contributed by atoms with van der Waals surface area (Å²) in [6.07, 6.45) is 1.13. The molecule has 0 aliphatic carbocycles.